The lowest BCUT2D eigenvalue weighted by Gasteiger charge is -2.36. The molecule has 1 saturated heterocycles. The molecule has 0 aromatic carbocycles. The van der Waals surface area contributed by atoms with Gasteiger partial charge in [0.15, 0.2) is 0 Å². The Morgan fingerprint density at radius 1 is 1.50 bits per heavy atom. The number of hydrogen-bond donors (Lipinski definition) is 2. The summed E-state index contributed by atoms with van der Waals surface area (Å²) in [6, 6.07) is 3.10. The van der Waals surface area contributed by atoms with E-state index in [0.29, 0.717) is 22.6 Å². The fraction of sp³-hybridized carbons (Fsp3) is 0.467. The highest BCUT2D eigenvalue weighted by molar-refractivity contribution is 14.8. The number of piperidine rings is 1. The lowest BCUT2D eigenvalue weighted by atomic mass is 9.80. The number of halogens is 3. The number of hydrogen-bond acceptors (Lipinski definition) is 3. The summed E-state index contributed by atoms with van der Waals surface area (Å²) in [5.41, 5.74) is 1.01. The molecule has 24 heavy (non-hydrogen) atoms. The summed E-state index contributed by atoms with van der Waals surface area (Å²) in [4.78, 5) is 18.3. The summed E-state index contributed by atoms with van der Waals surface area (Å²) in [6.07, 6.45) is 4.78. The minimum absolute atomic E-state index is 0.00876. The first-order valence-corrected chi connectivity index (χ1v) is 19.3. The van der Waals surface area contributed by atoms with Gasteiger partial charge in [0.25, 0.3) is 0 Å². The van der Waals surface area contributed by atoms with Gasteiger partial charge in [-0.15, -0.1) is 0 Å². The number of carbonyl (C=O) groups excluding carboxylic acids is 1. The highest BCUT2D eigenvalue weighted by atomic mass is 128. The normalized spacial score (nSPS) is 23.1. The molecule has 1 aromatic heterocycles. The number of amides is 2. The van der Waals surface area contributed by atoms with Gasteiger partial charge >= 0.3 is 6.03 Å². The van der Waals surface area contributed by atoms with Crippen molar-refractivity contribution < 1.29 is 9.18 Å². The van der Waals surface area contributed by atoms with E-state index in [-0.39, 0.29) is 28.0 Å². The summed E-state index contributed by atoms with van der Waals surface area (Å²) in [5, 5.41) is 8.08. The van der Waals surface area contributed by atoms with Crippen LogP contribution < -0.4 is 10.6 Å². The van der Waals surface area contributed by atoms with Crippen LogP contribution in [0.5, 0.6) is 0 Å². The number of nitrogens with zero attached hydrogens (tertiary/aromatic N) is 2. The smallest absolute Gasteiger partial charge is 0.322 e. The van der Waals surface area contributed by atoms with Crippen LogP contribution in [0.15, 0.2) is 27.3 Å². The minimum Gasteiger partial charge on any atom is -0.334 e. The van der Waals surface area contributed by atoms with Crippen molar-refractivity contribution in [2.75, 3.05) is 19.6 Å². The Morgan fingerprint density at radius 2 is 2.33 bits per heavy atom. The average molecular weight is 574 g/mol. The monoisotopic (exact) mass is 574 g/mol. The summed E-state index contributed by atoms with van der Waals surface area (Å²) in [5.74, 6) is -0.505. The Kier molecular flexibility index (Phi) is 5.27. The molecule has 3 aliphatic rings. The van der Waals surface area contributed by atoms with Crippen molar-refractivity contribution in [2.45, 2.75) is 19.4 Å². The Morgan fingerprint density at radius 3 is 3.12 bits per heavy atom. The van der Waals surface area contributed by atoms with E-state index < -0.39 is 5.95 Å². The number of carbonyl (C=O) groups is 1. The van der Waals surface area contributed by atoms with Crippen LogP contribution in [-0.2, 0) is 6.54 Å². The number of pyridine rings is 1. The second-order valence-corrected chi connectivity index (χ2v) is 22.2. The minimum atomic E-state index is -0.505. The van der Waals surface area contributed by atoms with Crippen LogP contribution >= 0.6 is 38.9 Å². The highest BCUT2D eigenvalue weighted by Gasteiger charge is 2.47. The Labute approximate surface area is 157 Å². The molecule has 2 N–H and O–H groups in total. The zero-order chi connectivity index (χ0) is 16.6. The molecule has 0 saturated carbocycles. The van der Waals surface area contributed by atoms with Crippen molar-refractivity contribution in [3.8, 4) is 0 Å². The van der Waals surface area contributed by atoms with Gasteiger partial charge in [0.2, 0.25) is 5.95 Å². The molecule has 3 aliphatic heterocycles. The third-order valence-electron chi connectivity index (χ3n) is 4.71. The molecule has 1 spiro atoms. The first-order valence-electron chi connectivity index (χ1n) is 7.83. The van der Waals surface area contributed by atoms with Crippen molar-refractivity contribution >= 4 is 44.9 Å². The first-order chi connectivity index (χ1) is 11.7. The second kappa shape index (κ2) is 7.28. The molecule has 1 atom stereocenters. The first kappa shape index (κ1) is 17.4. The lowest BCUT2D eigenvalue weighted by Crippen LogP contribution is -2.43. The zero-order valence-corrected chi connectivity index (χ0v) is 18.2. The highest BCUT2D eigenvalue weighted by Crippen LogP contribution is 2.67. The summed E-state index contributed by atoms with van der Waals surface area (Å²) >= 11 is 0.382. The van der Waals surface area contributed by atoms with Crippen LogP contribution in [0, 0.1) is 11.4 Å². The Hall–Kier alpha value is -0.0600. The molecule has 4 heterocycles. The average Bonchev–Trinajstić information content (AvgIpc) is 3.18. The Bertz CT molecular complexity index is 736. The van der Waals surface area contributed by atoms with Gasteiger partial charge in [-0.05, 0) is 71.8 Å². The number of aromatic nitrogens is 1. The van der Waals surface area contributed by atoms with E-state index in [9.17, 15) is 9.18 Å². The van der Waals surface area contributed by atoms with Gasteiger partial charge in [0, 0.05) is 24.7 Å². The predicted octanol–water partition coefficient (Wildman–Crippen LogP) is 3.75. The maximum absolute atomic E-state index is 13.2. The molecule has 5 nitrogen and oxygen atoms in total. The lowest BCUT2D eigenvalue weighted by molar-refractivity contribution is 0.191. The molecule has 0 aliphatic carbocycles. The van der Waals surface area contributed by atoms with Gasteiger partial charge in [-0.2, -0.15) is 4.39 Å². The molecular weight excluding hydrogens is 556 g/mol. The standard InChI is InChI=1S/C15H18FI2N4OP/c16-11-7-10(1-4-20-11)8-21-14(23)22-9-15(2-5-19-6-3-15)12-13(22)17-18-24-12/h1,4,7,19,24H,2-3,5-6,8-9H2,(H,21,23). The molecule has 130 valence electrons. The third-order valence-corrected chi connectivity index (χ3v) is 21.5. The van der Waals surface area contributed by atoms with Gasteiger partial charge in [0.05, 0.1) is 3.70 Å². The van der Waals surface area contributed by atoms with Crippen molar-refractivity contribution in [3.05, 3.63) is 38.9 Å². The van der Waals surface area contributed by atoms with Gasteiger partial charge < -0.3 is 10.6 Å². The fourth-order valence-electron chi connectivity index (χ4n) is 3.41. The van der Waals surface area contributed by atoms with Crippen molar-refractivity contribution in [3.63, 3.8) is 0 Å². The van der Waals surface area contributed by atoms with E-state index in [0.717, 1.165) is 44.3 Å². The van der Waals surface area contributed by atoms with Gasteiger partial charge in [0.1, 0.15) is 0 Å². The SMILES string of the molecule is O=C(NCc1ccnc(F)c1)N1CC2(CCNCC2)C2=C1I=IP2. The largest absolute Gasteiger partial charge is 0.334 e. The maximum atomic E-state index is 13.2. The number of fused-ring (bicyclic) bond motifs is 1. The molecule has 4 rings (SSSR count). The summed E-state index contributed by atoms with van der Waals surface area (Å²) < 4.78 is 14.6. The quantitative estimate of drug-likeness (QED) is 0.245. The van der Waals surface area contributed by atoms with Gasteiger partial charge in [-0.1, -0.05) is 16.0 Å². The van der Waals surface area contributed by atoms with Crippen LogP contribution in [0.25, 0.3) is 0 Å². The van der Waals surface area contributed by atoms with E-state index in [2.05, 4.69) is 15.6 Å². The maximum Gasteiger partial charge on any atom is 0.322 e. The Balaban J connectivity index is 1.48. The van der Waals surface area contributed by atoms with Crippen molar-refractivity contribution in [2.24, 2.45) is 5.41 Å². The molecule has 2 amide bonds. The van der Waals surface area contributed by atoms with E-state index in [4.69, 9.17) is 0 Å². The van der Waals surface area contributed by atoms with Crippen molar-refractivity contribution in [1.29, 1.82) is 0 Å². The summed E-state index contributed by atoms with van der Waals surface area (Å²) in [6.45, 7) is 3.32. The second-order valence-electron chi connectivity index (χ2n) is 6.17. The molecule has 1 fully saturated rings. The molecular formula is C15H18FI2N4OP. The van der Waals surface area contributed by atoms with Gasteiger partial charge in [-0.25, -0.2) is 9.78 Å². The number of rotatable bonds is 2. The third kappa shape index (κ3) is 3.31. The van der Waals surface area contributed by atoms with Crippen LogP contribution in [0.3, 0.4) is 0 Å². The molecule has 1 unspecified atom stereocenters. The van der Waals surface area contributed by atoms with Crippen LogP contribution in [0.2, 0.25) is 0 Å². The van der Waals surface area contributed by atoms with Crippen LogP contribution in [-0.4, -0.2) is 35.5 Å². The summed E-state index contributed by atoms with van der Waals surface area (Å²) in [7, 11) is 0. The van der Waals surface area contributed by atoms with E-state index >= 15 is 0 Å². The topological polar surface area (TPSA) is 57.3 Å². The van der Waals surface area contributed by atoms with E-state index in [1.54, 1.807) is 11.4 Å². The number of nitrogens with one attached hydrogen (secondary N) is 2. The fourth-order valence-corrected chi connectivity index (χ4v) is 26.1. The van der Waals surface area contributed by atoms with Gasteiger partial charge in [-0.3, -0.25) is 4.90 Å². The number of urea groups is 1. The predicted molar refractivity (Wildman–Crippen MR) is 111 cm³/mol. The van der Waals surface area contributed by atoms with E-state index in [1.165, 1.54) is 16.0 Å². The van der Waals surface area contributed by atoms with E-state index in [1.807, 2.05) is 4.90 Å². The van der Waals surface area contributed by atoms with Crippen molar-refractivity contribution in [1.82, 2.24) is 20.5 Å². The van der Waals surface area contributed by atoms with Crippen LogP contribution in [0.1, 0.15) is 18.4 Å². The molecule has 1 aromatic rings. The van der Waals surface area contributed by atoms with Crippen LogP contribution in [0.4, 0.5) is 9.18 Å². The zero-order valence-electron chi connectivity index (χ0n) is 12.9. The molecule has 0 bridgehead atoms. The molecule has 9 heteroatoms. The molecule has 0 radical (unpaired) electrons.